The van der Waals surface area contributed by atoms with Gasteiger partial charge in [-0.25, -0.2) is 0 Å². The molecule has 4 heteroatoms. The smallest absolute Gasteiger partial charge is 0.239 e. The zero-order chi connectivity index (χ0) is 12.8. The molecule has 0 saturated carbocycles. The molecular weight excluding hydrogens is 216 g/mol. The summed E-state index contributed by atoms with van der Waals surface area (Å²) in [6.45, 7) is 2.21. The Labute approximate surface area is 102 Å². The number of nitrogens with zero attached hydrogens (tertiary/aromatic N) is 1. The summed E-state index contributed by atoms with van der Waals surface area (Å²) < 4.78 is 0. The van der Waals surface area contributed by atoms with Gasteiger partial charge in [-0.1, -0.05) is 25.1 Å². The molecule has 0 radical (unpaired) electrons. The molecule has 0 aliphatic rings. The molecule has 1 amide bonds. The zero-order valence-corrected chi connectivity index (χ0v) is 10.6. The summed E-state index contributed by atoms with van der Waals surface area (Å²) in [5, 5.41) is 12.5. The van der Waals surface area contributed by atoms with Gasteiger partial charge in [-0.05, 0) is 12.5 Å². The molecule has 0 heterocycles. The lowest BCUT2D eigenvalue weighted by atomic mass is 10.0. The van der Waals surface area contributed by atoms with Crippen molar-refractivity contribution in [1.29, 1.82) is 0 Å². The van der Waals surface area contributed by atoms with Crippen LogP contribution in [0.1, 0.15) is 25.0 Å². The van der Waals surface area contributed by atoms with Crippen LogP contribution in [0.2, 0.25) is 0 Å². The standard InChI is InChI=1S/C13H20N2O2/c1-4-12(16)10-7-5-6-8-11(10)15(3)9-13(17)14-2/h5-8,12,16H,4,9H2,1-3H3,(H,14,17). The summed E-state index contributed by atoms with van der Waals surface area (Å²) in [6.07, 6.45) is 0.170. The highest BCUT2D eigenvalue weighted by atomic mass is 16.3. The minimum absolute atomic E-state index is 0.0479. The average Bonchev–Trinajstić information content (AvgIpc) is 2.37. The number of benzene rings is 1. The molecule has 0 spiro atoms. The lowest BCUT2D eigenvalue weighted by Crippen LogP contribution is -2.33. The summed E-state index contributed by atoms with van der Waals surface area (Å²) in [6, 6.07) is 7.61. The number of aliphatic hydroxyl groups is 1. The van der Waals surface area contributed by atoms with Crippen LogP contribution in [0.25, 0.3) is 0 Å². The lowest BCUT2D eigenvalue weighted by Gasteiger charge is -2.23. The fourth-order valence-corrected chi connectivity index (χ4v) is 1.72. The van der Waals surface area contributed by atoms with E-state index in [1.807, 2.05) is 43.1 Å². The Hall–Kier alpha value is -1.55. The Morgan fingerprint density at radius 1 is 1.47 bits per heavy atom. The third kappa shape index (κ3) is 3.46. The van der Waals surface area contributed by atoms with Crippen molar-refractivity contribution in [2.45, 2.75) is 19.4 Å². The molecule has 0 bridgehead atoms. The summed E-state index contributed by atoms with van der Waals surface area (Å²) in [7, 11) is 3.46. The van der Waals surface area contributed by atoms with E-state index in [0.29, 0.717) is 6.42 Å². The number of rotatable bonds is 5. The summed E-state index contributed by atoms with van der Waals surface area (Å²) in [5.41, 5.74) is 1.76. The molecule has 0 aromatic heterocycles. The van der Waals surface area contributed by atoms with Crippen LogP contribution in [0.3, 0.4) is 0 Å². The number of para-hydroxylation sites is 1. The molecule has 1 atom stereocenters. The number of likely N-dealkylation sites (N-methyl/N-ethyl adjacent to an activating group) is 2. The van der Waals surface area contributed by atoms with Crippen molar-refractivity contribution >= 4 is 11.6 Å². The maximum atomic E-state index is 11.3. The fourth-order valence-electron chi connectivity index (χ4n) is 1.72. The zero-order valence-electron chi connectivity index (χ0n) is 10.6. The van der Waals surface area contributed by atoms with Crippen LogP contribution in [0.5, 0.6) is 0 Å². The summed E-state index contributed by atoms with van der Waals surface area (Å²) in [5.74, 6) is -0.0479. The average molecular weight is 236 g/mol. The van der Waals surface area contributed by atoms with Gasteiger partial charge < -0.3 is 15.3 Å². The number of hydrogen-bond donors (Lipinski definition) is 2. The van der Waals surface area contributed by atoms with Gasteiger partial charge in [0.15, 0.2) is 0 Å². The van der Waals surface area contributed by atoms with Gasteiger partial charge in [0.2, 0.25) is 5.91 Å². The minimum Gasteiger partial charge on any atom is -0.388 e. The third-order valence-electron chi connectivity index (χ3n) is 2.75. The van der Waals surface area contributed by atoms with Gasteiger partial charge in [-0.2, -0.15) is 0 Å². The predicted octanol–water partition coefficient (Wildman–Crippen LogP) is 1.31. The number of carbonyl (C=O) groups is 1. The van der Waals surface area contributed by atoms with Crippen LogP contribution in [0.15, 0.2) is 24.3 Å². The van der Waals surface area contributed by atoms with Gasteiger partial charge in [-0.15, -0.1) is 0 Å². The Kier molecular flexibility index (Phi) is 4.97. The van der Waals surface area contributed by atoms with Crippen LogP contribution in [0.4, 0.5) is 5.69 Å². The Bertz CT molecular complexity index is 379. The lowest BCUT2D eigenvalue weighted by molar-refractivity contribution is -0.119. The number of hydrogen-bond acceptors (Lipinski definition) is 3. The van der Waals surface area contributed by atoms with Crippen LogP contribution in [-0.2, 0) is 4.79 Å². The van der Waals surface area contributed by atoms with Crippen molar-refractivity contribution < 1.29 is 9.90 Å². The van der Waals surface area contributed by atoms with E-state index in [4.69, 9.17) is 0 Å². The van der Waals surface area contributed by atoms with Gasteiger partial charge in [0.05, 0.1) is 12.6 Å². The number of carbonyl (C=O) groups excluding carboxylic acids is 1. The normalized spacial score (nSPS) is 12.0. The molecule has 2 N–H and O–H groups in total. The topological polar surface area (TPSA) is 52.6 Å². The van der Waals surface area contributed by atoms with Crippen molar-refractivity contribution in [1.82, 2.24) is 5.32 Å². The number of anilines is 1. The van der Waals surface area contributed by atoms with E-state index in [9.17, 15) is 9.90 Å². The van der Waals surface area contributed by atoms with Gasteiger partial charge in [0.25, 0.3) is 0 Å². The van der Waals surface area contributed by atoms with E-state index < -0.39 is 6.10 Å². The molecule has 0 aliphatic heterocycles. The van der Waals surface area contributed by atoms with Gasteiger partial charge in [0.1, 0.15) is 0 Å². The maximum Gasteiger partial charge on any atom is 0.239 e. The monoisotopic (exact) mass is 236 g/mol. The first-order valence-electron chi connectivity index (χ1n) is 5.78. The molecule has 1 aromatic carbocycles. The van der Waals surface area contributed by atoms with Crippen LogP contribution in [-0.4, -0.2) is 31.7 Å². The van der Waals surface area contributed by atoms with Crippen molar-refractivity contribution in [2.75, 3.05) is 25.5 Å². The molecule has 4 nitrogen and oxygen atoms in total. The molecule has 17 heavy (non-hydrogen) atoms. The van der Waals surface area contributed by atoms with E-state index in [1.165, 1.54) is 0 Å². The first kappa shape index (κ1) is 13.5. The van der Waals surface area contributed by atoms with Crippen molar-refractivity contribution in [3.63, 3.8) is 0 Å². The number of aliphatic hydroxyl groups excluding tert-OH is 1. The van der Waals surface area contributed by atoms with Gasteiger partial charge >= 0.3 is 0 Å². The van der Waals surface area contributed by atoms with Crippen LogP contribution in [0, 0.1) is 0 Å². The van der Waals surface area contributed by atoms with Gasteiger partial charge in [0, 0.05) is 25.3 Å². The van der Waals surface area contributed by atoms with Crippen molar-refractivity contribution in [3.8, 4) is 0 Å². The van der Waals surface area contributed by atoms with E-state index in [1.54, 1.807) is 7.05 Å². The van der Waals surface area contributed by atoms with E-state index in [2.05, 4.69) is 5.32 Å². The molecular formula is C13H20N2O2. The predicted molar refractivity (Wildman–Crippen MR) is 69.0 cm³/mol. The maximum absolute atomic E-state index is 11.3. The highest BCUT2D eigenvalue weighted by Gasteiger charge is 2.14. The Balaban J connectivity index is 2.92. The highest BCUT2D eigenvalue weighted by Crippen LogP contribution is 2.27. The molecule has 1 unspecified atom stereocenters. The van der Waals surface area contributed by atoms with E-state index >= 15 is 0 Å². The van der Waals surface area contributed by atoms with Crippen LogP contribution >= 0.6 is 0 Å². The second-order valence-electron chi connectivity index (χ2n) is 4.01. The number of nitrogens with one attached hydrogen (secondary N) is 1. The Morgan fingerprint density at radius 3 is 2.71 bits per heavy atom. The second kappa shape index (κ2) is 6.25. The summed E-state index contributed by atoms with van der Waals surface area (Å²) in [4.78, 5) is 13.2. The molecule has 1 aromatic rings. The van der Waals surface area contributed by atoms with E-state index in [0.717, 1.165) is 11.3 Å². The molecule has 1 rings (SSSR count). The fraction of sp³-hybridized carbons (Fsp3) is 0.462. The van der Waals surface area contributed by atoms with Crippen LogP contribution < -0.4 is 10.2 Å². The molecule has 0 fully saturated rings. The Morgan fingerprint density at radius 2 is 2.12 bits per heavy atom. The quantitative estimate of drug-likeness (QED) is 0.810. The first-order valence-corrected chi connectivity index (χ1v) is 5.78. The summed E-state index contributed by atoms with van der Waals surface area (Å²) >= 11 is 0. The van der Waals surface area contributed by atoms with Gasteiger partial charge in [-0.3, -0.25) is 4.79 Å². The molecule has 0 aliphatic carbocycles. The third-order valence-corrected chi connectivity index (χ3v) is 2.75. The van der Waals surface area contributed by atoms with E-state index in [-0.39, 0.29) is 12.5 Å². The second-order valence-corrected chi connectivity index (χ2v) is 4.01. The molecule has 94 valence electrons. The minimum atomic E-state index is -0.488. The largest absolute Gasteiger partial charge is 0.388 e. The first-order chi connectivity index (χ1) is 8.10. The van der Waals surface area contributed by atoms with Crippen molar-refractivity contribution in [2.24, 2.45) is 0 Å². The highest BCUT2D eigenvalue weighted by molar-refractivity contribution is 5.81. The molecule has 0 saturated heterocycles. The SMILES string of the molecule is CCC(O)c1ccccc1N(C)CC(=O)NC. The van der Waals surface area contributed by atoms with Crippen molar-refractivity contribution in [3.05, 3.63) is 29.8 Å². The number of amides is 1.